The van der Waals surface area contributed by atoms with Gasteiger partial charge in [0.05, 0.1) is 29.7 Å². The normalized spacial score (nSPS) is 24.6. The lowest BCUT2D eigenvalue weighted by Crippen LogP contribution is -2.31. The van der Waals surface area contributed by atoms with Crippen molar-refractivity contribution in [2.45, 2.75) is 24.8 Å². The second kappa shape index (κ2) is 3.96. The maximum atomic E-state index is 6.00. The first kappa shape index (κ1) is 11.0. The standard InChI is InChI=1S/C12H14ClN3O/c1-12(3-5-17-8-12)16-10-2-4-14-7-9(10)15-11(16)6-13/h2,4,7H,3,5-6,8H2,1H3. The number of imidazole rings is 1. The van der Waals surface area contributed by atoms with E-state index in [0.29, 0.717) is 12.5 Å². The summed E-state index contributed by atoms with van der Waals surface area (Å²) in [6.07, 6.45) is 4.56. The number of hydrogen-bond donors (Lipinski definition) is 0. The van der Waals surface area contributed by atoms with Gasteiger partial charge in [0.15, 0.2) is 0 Å². The Hall–Kier alpha value is -1.13. The molecular formula is C12H14ClN3O. The van der Waals surface area contributed by atoms with Crippen LogP contribution in [0.4, 0.5) is 0 Å². The van der Waals surface area contributed by atoms with Crippen molar-refractivity contribution in [3.05, 3.63) is 24.3 Å². The number of hydrogen-bond acceptors (Lipinski definition) is 3. The van der Waals surface area contributed by atoms with Crippen LogP contribution in [0.3, 0.4) is 0 Å². The van der Waals surface area contributed by atoms with Crippen LogP contribution in [0.15, 0.2) is 18.5 Å². The lowest BCUT2D eigenvalue weighted by molar-refractivity contribution is 0.162. The number of nitrogens with zero attached hydrogens (tertiary/aromatic N) is 3. The van der Waals surface area contributed by atoms with E-state index in [9.17, 15) is 0 Å². The number of ether oxygens (including phenoxy) is 1. The Bertz CT molecular complexity index is 546. The Labute approximate surface area is 105 Å². The molecule has 0 aliphatic carbocycles. The molecule has 0 radical (unpaired) electrons. The molecule has 17 heavy (non-hydrogen) atoms. The van der Waals surface area contributed by atoms with E-state index in [1.54, 1.807) is 12.4 Å². The van der Waals surface area contributed by atoms with Gasteiger partial charge in [-0.15, -0.1) is 11.6 Å². The van der Waals surface area contributed by atoms with Gasteiger partial charge in [-0.2, -0.15) is 0 Å². The predicted molar refractivity (Wildman–Crippen MR) is 66.2 cm³/mol. The highest BCUT2D eigenvalue weighted by Crippen LogP contribution is 2.32. The summed E-state index contributed by atoms with van der Waals surface area (Å²) in [5.41, 5.74) is 1.94. The number of rotatable bonds is 2. The molecule has 0 bridgehead atoms. The Morgan fingerprint density at radius 2 is 2.47 bits per heavy atom. The fraction of sp³-hybridized carbons (Fsp3) is 0.500. The molecule has 0 N–H and O–H groups in total. The molecule has 3 heterocycles. The van der Waals surface area contributed by atoms with Crippen molar-refractivity contribution < 1.29 is 4.74 Å². The molecule has 1 atom stereocenters. The summed E-state index contributed by atoms with van der Waals surface area (Å²) < 4.78 is 7.74. The minimum Gasteiger partial charge on any atom is -0.379 e. The first-order valence-electron chi connectivity index (χ1n) is 5.70. The van der Waals surface area contributed by atoms with Gasteiger partial charge in [-0.1, -0.05) is 0 Å². The van der Waals surface area contributed by atoms with Gasteiger partial charge in [0, 0.05) is 12.8 Å². The molecule has 2 aromatic rings. The molecule has 0 aromatic carbocycles. The second-order valence-electron chi connectivity index (χ2n) is 4.66. The van der Waals surface area contributed by atoms with Gasteiger partial charge in [0.2, 0.25) is 0 Å². The average Bonchev–Trinajstić information content (AvgIpc) is 2.92. The van der Waals surface area contributed by atoms with E-state index >= 15 is 0 Å². The molecule has 4 nitrogen and oxygen atoms in total. The van der Waals surface area contributed by atoms with Crippen molar-refractivity contribution in [2.24, 2.45) is 0 Å². The summed E-state index contributed by atoms with van der Waals surface area (Å²) in [5.74, 6) is 1.30. The quantitative estimate of drug-likeness (QED) is 0.769. The van der Waals surface area contributed by atoms with Gasteiger partial charge in [-0.25, -0.2) is 4.98 Å². The molecule has 5 heteroatoms. The van der Waals surface area contributed by atoms with Crippen LogP contribution >= 0.6 is 11.6 Å². The number of aromatic nitrogens is 3. The minimum absolute atomic E-state index is 0.0413. The fourth-order valence-corrected chi connectivity index (χ4v) is 2.69. The Morgan fingerprint density at radius 3 is 3.18 bits per heavy atom. The van der Waals surface area contributed by atoms with E-state index in [4.69, 9.17) is 16.3 Å². The zero-order chi connectivity index (χ0) is 11.9. The number of fused-ring (bicyclic) bond motifs is 1. The van der Waals surface area contributed by atoms with Crippen molar-refractivity contribution in [3.8, 4) is 0 Å². The zero-order valence-electron chi connectivity index (χ0n) is 9.69. The molecule has 1 aliphatic heterocycles. The monoisotopic (exact) mass is 251 g/mol. The molecule has 1 fully saturated rings. The molecule has 90 valence electrons. The average molecular weight is 252 g/mol. The highest BCUT2D eigenvalue weighted by Gasteiger charge is 2.34. The largest absolute Gasteiger partial charge is 0.379 e. The fourth-order valence-electron chi connectivity index (χ4n) is 2.51. The zero-order valence-corrected chi connectivity index (χ0v) is 10.4. The molecule has 0 spiro atoms. The van der Waals surface area contributed by atoms with E-state index in [1.807, 2.05) is 6.07 Å². The highest BCUT2D eigenvalue weighted by atomic mass is 35.5. The van der Waals surface area contributed by atoms with E-state index in [1.165, 1.54) is 0 Å². The van der Waals surface area contributed by atoms with Crippen LogP contribution in [-0.4, -0.2) is 27.7 Å². The SMILES string of the molecule is CC1(n2c(CCl)nc3cnccc32)CCOC1. The Kier molecular flexibility index (Phi) is 2.56. The molecule has 1 saturated heterocycles. The Balaban J connectivity index is 2.25. The van der Waals surface area contributed by atoms with Crippen molar-refractivity contribution in [2.75, 3.05) is 13.2 Å². The van der Waals surface area contributed by atoms with Gasteiger partial charge in [-0.05, 0) is 19.4 Å². The second-order valence-corrected chi connectivity index (χ2v) is 4.93. The van der Waals surface area contributed by atoms with Crippen LogP contribution in [0, 0.1) is 0 Å². The summed E-state index contributed by atoms with van der Waals surface area (Å²) in [7, 11) is 0. The third-order valence-corrected chi connectivity index (χ3v) is 3.62. The van der Waals surface area contributed by atoms with E-state index in [0.717, 1.165) is 29.9 Å². The smallest absolute Gasteiger partial charge is 0.125 e. The van der Waals surface area contributed by atoms with E-state index in [-0.39, 0.29) is 5.54 Å². The third-order valence-electron chi connectivity index (χ3n) is 3.38. The van der Waals surface area contributed by atoms with Crippen LogP contribution < -0.4 is 0 Å². The highest BCUT2D eigenvalue weighted by molar-refractivity contribution is 6.16. The van der Waals surface area contributed by atoms with Gasteiger partial charge in [0.25, 0.3) is 0 Å². The van der Waals surface area contributed by atoms with E-state index < -0.39 is 0 Å². The number of alkyl halides is 1. The molecule has 1 unspecified atom stereocenters. The van der Waals surface area contributed by atoms with Crippen molar-refractivity contribution in [1.29, 1.82) is 0 Å². The van der Waals surface area contributed by atoms with Gasteiger partial charge in [-0.3, -0.25) is 4.98 Å². The van der Waals surface area contributed by atoms with E-state index in [2.05, 4.69) is 21.5 Å². The number of pyridine rings is 1. The van der Waals surface area contributed by atoms with Crippen LogP contribution in [0.5, 0.6) is 0 Å². The lowest BCUT2D eigenvalue weighted by atomic mass is 10.0. The molecule has 1 aliphatic rings. The van der Waals surface area contributed by atoms with Crippen molar-refractivity contribution >= 4 is 22.6 Å². The van der Waals surface area contributed by atoms with Crippen LogP contribution in [0.2, 0.25) is 0 Å². The summed E-state index contributed by atoms with van der Waals surface area (Å²) in [6.45, 7) is 3.70. The lowest BCUT2D eigenvalue weighted by Gasteiger charge is -2.26. The number of halogens is 1. The van der Waals surface area contributed by atoms with Gasteiger partial charge >= 0.3 is 0 Å². The topological polar surface area (TPSA) is 39.9 Å². The summed E-state index contributed by atoms with van der Waals surface area (Å²) in [5, 5.41) is 0. The predicted octanol–water partition coefficient (Wildman–Crippen LogP) is 2.31. The van der Waals surface area contributed by atoms with Crippen LogP contribution in [0.1, 0.15) is 19.2 Å². The maximum absolute atomic E-state index is 6.00. The molecule has 3 rings (SSSR count). The van der Waals surface area contributed by atoms with Crippen LogP contribution in [-0.2, 0) is 16.2 Å². The minimum atomic E-state index is -0.0413. The third kappa shape index (κ3) is 1.63. The van der Waals surface area contributed by atoms with Gasteiger partial charge in [0.1, 0.15) is 11.3 Å². The van der Waals surface area contributed by atoms with Crippen molar-refractivity contribution in [1.82, 2.24) is 14.5 Å². The first-order chi connectivity index (χ1) is 8.24. The molecule has 0 amide bonds. The molecule has 2 aromatic heterocycles. The summed E-state index contributed by atoms with van der Waals surface area (Å²) in [6, 6.07) is 1.99. The summed E-state index contributed by atoms with van der Waals surface area (Å²) >= 11 is 6.00. The molecule has 0 saturated carbocycles. The van der Waals surface area contributed by atoms with Crippen LogP contribution in [0.25, 0.3) is 11.0 Å². The summed E-state index contributed by atoms with van der Waals surface area (Å²) in [4.78, 5) is 8.63. The first-order valence-corrected chi connectivity index (χ1v) is 6.23. The van der Waals surface area contributed by atoms with Crippen molar-refractivity contribution in [3.63, 3.8) is 0 Å². The Morgan fingerprint density at radius 1 is 1.59 bits per heavy atom. The maximum Gasteiger partial charge on any atom is 0.125 e. The van der Waals surface area contributed by atoms with Gasteiger partial charge < -0.3 is 9.30 Å². The molecular weight excluding hydrogens is 238 g/mol.